The van der Waals surface area contributed by atoms with Gasteiger partial charge in [-0.2, -0.15) is 0 Å². The monoisotopic (exact) mass is 267 g/mol. The number of nitrogens with zero attached hydrogens (tertiary/aromatic N) is 3. The molecule has 0 spiro atoms. The van der Waals surface area contributed by atoms with Crippen molar-refractivity contribution in [2.24, 2.45) is 0 Å². The van der Waals surface area contributed by atoms with Crippen LogP contribution < -0.4 is 0 Å². The van der Waals surface area contributed by atoms with E-state index < -0.39 is 0 Å². The first-order valence-corrected chi connectivity index (χ1v) is 6.77. The van der Waals surface area contributed by atoms with E-state index in [4.69, 9.17) is 16.3 Å². The number of aromatic nitrogens is 3. The minimum Gasteiger partial charge on any atom is -0.377 e. The highest BCUT2D eigenvalue weighted by Crippen LogP contribution is 2.15. The molecule has 0 amide bonds. The van der Waals surface area contributed by atoms with Gasteiger partial charge in [0.05, 0.1) is 12.6 Å². The molecule has 2 aromatic rings. The molecule has 18 heavy (non-hydrogen) atoms. The lowest BCUT2D eigenvalue weighted by Gasteiger charge is -2.14. The molecule has 1 unspecified atom stereocenters. The van der Waals surface area contributed by atoms with Crippen molar-refractivity contribution in [3.8, 4) is 0 Å². The van der Waals surface area contributed by atoms with E-state index in [1.165, 1.54) is 0 Å². The predicted molar refractivity (Wildman–Crippen MR) is 73.0 cm³/mol. The van der Waals surface area contributed by atoms with Gasteiger partial charge in [-0.05, 0) is 26.0 Å². The lowest BCUT2D eigenvalue weighted by Crippen LogP contribution is -2.18. The fourth-order valence-electron chi connectivity index (χ4n) is 2.07. The number of rotatable bonds is 6. The molecule has 98 valence electrons. The Morgan fingerprint density at radius 3 is 3.06 bits per heavy atom. The maximum absolute atomic E-state index is 5.83. The van der Waals surface area contributed by atoms with E-state index in [-0.39, 0.29) is 6.10 Å². The molecule has 0 fully saturated rings. The average molecular weight is 268 g/mol. The highest BCUT2D eigenvalue weighted by Gasteiger charge is 2.13. The zero-order chi connectivity index (χ0) is 13.0. The summed E-state index contributed by atoms with van der Waals surface area (Å²) in [6.07, 6.45) is 2.68. The van der Waals surface area contributed by atoms with Crippen LogP contribution in [0.25, 0.3) is 11.2 Å². The van der Waals surface area contributed by atoms with Crippen molar-refractivity contribution in [1.82, 2.24) is 14.5 Å². The van der Waals surface area contributed by atoms with Crippen LogP contribution in [0.15, 0.2) is 18.3 Å². The molecule has 0 bridgehead atoms. The first kappa shape index (κ1) is 13.3. The quantitative estimate of drug-likeness (QED) is 0.756. The summed E-state index contributed by atoms with van der Waals surface area (Å²) in [6, 6.07) is 3.87. The smallest absolute Gasteiger partial charge is 0.160 e. The van der Waals surface area contributed by atoms with Crippen LogP contribution in [-0.4, -0.2) is 33.1 Å². The normalized spacial score (nSPS) is 13.1. The molecule has 0 N–H and O–H groups in total. The maximum Gasteiger partial charge on any atom is 0.160 e. The van der Waals surface area contributed by atoms with Gasteiger partial charge in [0.1, 0.15) is 11.3 Å². The largest absolute Gasteiger partial charge is 0.377 e. The van der Waals surface area contributed by atoms with Crippen molar-refractivity contribution in [3.05, 3.63) is 24.2 Å². The molecule has 0 aromatic carbocycles. The summed E-state index contributed by atoms with van der Waals surface area (Å²) in [5.74, 6) is 1.54. The SMILES string of the molecule is CCOC(C)Cn1c(CCCl)nc2cccnc21. The molecule has 1 atom stereocenters. The molecule has 4 nitrogen and oxygen atoms in total. The Kier molecular flexibility index (Phi) is 4.55. The first-order valence-electron chi connectivity index (χ1n) is 6.24. The molecular weight excluding hydrogens is 250 g/mol. The van der Waals surface area contributed by atoms with Crippen LogP contribution in [0.1, 0.15) is 19.7 Å². The fourth-order valence-corrected chi connectivity index (χ4v) is 2.24. The van der Waals surface area contributed by atoms with E-state index in [0.717, 1.165) is 30.0 Å². The molecule has 5 heteroatoms. The molecule has 2 heterocycles. The molecule has 0 saturated carbocycles. The third-order valence-electron chi connectivity index (χ3n) is 2.79. The van der Waals surface area contributed by atoms with Gasteiger partial charge in [-0.3, -0.25) is 0 Å². The second kappa shape index (κ2) is 6.16. The molecule has 0 aliphatic carbocycles. The summed E-state index contributed by atoms with van der Waals surface area (Å²) >= 11 is 5.83. The molecular formula is C13H18ClN3O. The lowest BCUT2D eigenvalue weighted by molar-refractivity contribution is 0.0641. The van der Waals surface area contributed by atoms with Gasteiger partial charge < -0.3 is 9.30 Å². The van der Waals surface area contributed by atoms with Crippen LogP contribution in [0.3, 0.4) is 0 Å². The van der Waals surface area contributed by atoms with Crippen LogP contribution in [0.2, 0.25) is 0 Å². The summed E-state index contributed by atoms with van der Waals surface area (Å²) in [7, 11) is 0. The zero-order valence-corrected chi connectivity index (χ0v) is 11.5. The number of fused-ring (bicyclic) bond motifs is 1. The number of pyridine rings is 1. The van der Waals surface area contributed by atoms with Gasteiger partial charge in [-0.25, -0.2) is 9.97 Å². The van der Waals surface area contributed by atoms with Gasteiger partial charge in [0.2, 0.25) is 0 Å². The van der Waals surface area contributed by atoms with Gasteiger partial charge in [-0.1, -0.05) is 0 Å². The van der Waals surface area contributed by atoms with E-state index in [1.807, 2.05) is 19.1 Å². The Morgan fingerprint density at radius 2 is 2.33 bits per heavy atom. The minimum absolute atomic E-state index is 0.142. The Hall–Kier alpha value is -1.13. The highest BCUT2D eigenvalue weighted by atomic mass is 35.5. The van der Waals surface area contributed by atoms with E-state index in [0.29, 0.717) is 12.5 Å². The van der Waals surface area contributed by atoms with Crippen LogP contribution in [-0.2, 0) is 17.7 Å². The fraction of sp³-hybridized carbons (Fsp3) is 0.538. The van der Waals surface area contributed by atoms with Crippen LogP contribution in [0, 0.1) is 0 Å². The Bertz CT molecular complexity index is 512. The summed E-state index contributed by atoms with van der Waals surface area (Å²) < 4.78 is 7.70. The van der Waals surface area contributed by atoms with Crippen molar-refractivity contribution in [1.29, 1.82) is 0 Å². The number of ether oxygens (including phenoxy) is 1. The van der Waals surface area contributed by atoms with Crippen molar-refractivity contribution in [2.45, 2.75) is 32.9 Å². The van der Waals surface area contributed by atoms with Crippen LogP contribution in [0.5, 0.6) is 0 Å². The Balaban J connectivity index is 2.35. The van der Waals surface area contributed by atoms with Crippen molar-refractivity contribution in [2.75, 3.05) is 12.5 Å². The number of imidazole rings is 1. The van der Waals surface area contributed by atoms with Gasteiger partial charge >= 0.3 is 0 Å². The number of hydrogen-bond acceptors (Lipinski definition) is 3. The summed E-state index contributed by atoms with van der Waals surface area (Å²) in [4.78, 5) is 8.98. The zero-order valence-electron chi connectivity index (χ0n) is 10.8. The van der Waals surface area contributed by atoms with E-state index in [2.05, 4.69) is 21.5 Å². The highest BCUT2D eigenvalue weighted by molar-refractivity contribution is 6.17. The number of hydrogen-bond donors (Lipinski definition) is 0. The number of aryl methyl sites for hydroxylation is 1. The first-order chi connectivity index (χ1) is 8.76. The standard InChI is InChI=1S/C13H18ClN3O/c1-3-18-10(2)9-17-12(6-7-14)16-11-5-4-8-15-13(11)17/h4-5,8,10H,3,6-7,9H2,1-2H3. The van der Waals surface area contributed by atoms with Gasteiger partial charge in [0.25, 0.3) is 0 Å². The van der Waals surface area contributed by atoms with Gasteiger partial charge in [-0.15, -0.1) is 11.6 Å². The third-order valence-corrected chi connectivity index (χ3v) is 2.98. The van der Waals surface area contributed by atoms with Crippen molar-refractivity contribution < 1.29 is 4.74 Å². The predicted octanol–water partition coefficient (Wildman–Crippen LogP) is 2.64. The Morgan fingerprint density at radius 1 is 1.50 bits per heavy atom. The maximum atomic E-state index is 5.83. The molecule has 0 saturated heterocycles. The molecule has 0 aliphatic heterocycles. The van der Waals surface area contributed by atoms with E-state index in [9.17, 15) is 0 Å². The summed E-state index contributed by atoms with van der Waals surface area (Å²) in [5, 5.41) is 0. The second-order valence-electron chi connectivity index (χ2n) is 4.19. The summed E-state index contributed by atoms with van der Waals surface area (Å²) in [5.41, 5.74) is 1.82. The molecule has 2 aromatic heterocycles. The molecule has 0 aliphatic rings. The lowest BCUT2D eigenvalue weighted by atomic mass is 10.3. The van der Waals surface area contributed by atoms with Crippen molar-refractivity contribution in [3.63, 3.8) is 0 Å². The summed E-state index contributed by atoms with van der Waals surface area (Å²) in [6.45, 7) is 5.53. The third kappa shape index (κ3) is 2.82. The van der Waals surface area contributed by atoms with Gasteiger partial charge in [0.15, 0.2) is 5.65 Å². The van der Waals surface area contributed by atoms with E-state index >= 15 is 0 Å². The van der Waals surface area contributed by atoms with E-state index in [1.54, 1.807) is 6.20 Å². The molecule has 0 radical (unpaired) electrons. The second-order valence-corrected chi connectivity index (χ2v) is 4.57. The van der Waals surface area contributed by atoms with Crippen LogP contribution >= 0.6 is 11.6 Å². The average Bonchev–Trinajstić information content (AvgIpc) is 2.69. The molecule has 2 rings (SSSR count). The number of halogens is 1. The van der Waals surface area contributed by atoms with Crippen molar-refractivity contribution >= 4 is 22.8 Å². The Labute approximate surface area is 112 Å². The topological polar surface area (TPSA) is 39.9 Å². The van der Waals surface area contributed by atoms with Gasteiger partial charge in [0, 0.05) is 25.1 Å². The number of alkyl halides is 1. The van der Waals surface area contributed by atoms with Crippen LogP contribution in [0.4, 0.5) is 0 Å². The minimum atomic E-state index is 0.142.